The molecule has 0 aliphatic heterocycles. The van der Waals surface area contributed by atoms with Gasteiger partial charge in [0.15, 0.2) is 6.61 Å². The van der Waals surface area contributed by atoms with E-state index < -0.39 is 0 Å². The summed E-state index contributed by atoms with van der Waals surface area (Å²) in [6, 6.07) is 6.21. The molecule has 0 aliphatic rings. The van der Waals surface area contributed by atoms with E-state index in [1.165, 1.54) is 5.56 Å². The van der Waals surface area contributed by atoms with Crippen LogP contribution in [0.2, 0.25) is 0 Å². The second kappa shape index (κ2) is 9.19. The Balaban J connectivity index is 2.72. The van der Waals surface area contributed by atoms with E-state index in [9.17, 15) is 4.79 Å². The van der Waals surface area contributed by atoms with Crippen LogP contribution in [0, 0.1) is 6.92 Å². The van der Waals surface area contributed by atoms with E-state index in [1.807, 2.05) is 12.1 Å². The van der Waals surface area contributed by atoms with Gasteiger partial charge in [-0.1, -0.05) is 30.7 Å². The molecule has 0 radical (unpaired) electrons. The Labute approximate surface area is 127 Å². The molecule has 1 rings (SSSR count). The number of hydrogen-bond donors (Lipinski definition) is 2. The van der Waals surface area contributed by atoms with Crippen molar-refractivity contribution < 1.29 is 9.53 Å². The van der Waals surface area contributed by atoms with Crippen molar-refractivity contribution in [2.75, 3.05) is 19.7 Å². The fraction of sp³-hybridized carbons (Fsp3) is 0.471. The van der Waals surface area contributed by atoms with E-state index in [0.717, 1.165) is 24.3 Å². The average Bonchev–Trinajstić information content (AvgIpc) is 2.49. The summed E-state index contributed by atoms with van der Waals surface area (Å²) in [6.07, 6.45) is 2.72. The minimum absolute atomic E-state index is 0.0183. The molecule has 0 aliphatic carbocycles. The number of aryl methyl sites for hydroxylation is 1. The van der Waals surface area contributed by atoms with Gasteiger partial charge < -0.3 is 15.4 Å². The number of carbonyl (C=O) groups excluding carboxylic acids is 1. The predicted octanol–water partition coefficient (Wildman–Crippen LogP) is 2.74. The first kappa shape index (κ1) is 17.2. The molecular weight excluding hydrogens is 264 g/mol. The Hall–Kier alpha value is -1.81. The first-order chi connectivity index (χ1) is 10.1. The smallest absolute Gasteiger partial charge is 0.258 e. The van der Waals surface area contributed by atoms with Gasteiger partial charge in [-0.15, -0.1) is 6.58 Å². The Morgan fingerprint density at radius 1 is 1.48 bits per heavy atom. The summed E-state index contributed by atoms with van der Waals surface area (Å²) < 4.78 is 5.67. The van der Waals surface area contributed by atoms with Gasteiger partial charge in [0.1, 0.15) is 5.75 Å². The van der Waals surface area contributed by atoms with Gasteiger partial charge >= 0.3 is 0 Å². The van der Waals surface area contributed by atoms with E-state index in [2.05, 4.69) is 44.1 Å². The van der Waals surface area contributed by atoms with Crippen LogP contribution in [-0.4, -0.2) is 25.6 Å². The Morgan fingerprint density at radius 3 is 2.90 bits per heavy atom. The van der Waals surface area contributed by atoms with Crippen molar-refractivity contribution in [2.24, 2.45) is 0 Å². The molecule has 0 aromatic heterocycles. The predicted molar refractivity (Wildman–Crippen MR) is 86.6 cm³/mol. The topological polar surface area (TPSA) is 50.4 Å². The van der Waals surface area contributed by atoms with Gasteiger partial charge in [0.25, 0.3) is 5.91 Å². The molecule has 0 bridgehead atoms. The van der Waals surface area contributed by atoms with Crippen LogP contribution >= 0.6 is 0 Å². The molecule has 1 aromatic carbocycles. The van der Waals surface area contributed by atoms with Crippen LogP contribution in [0.1, 0.15) is 37.4 Å². The second-order valence-electron chi connectivity index (χ2n) is 5.10. The van der Waals surface area contributed by atoms with Crippen molar-refractivity contribution in [3.8, 4) is 5.75 Å². The molecule has 0 heterocycles. The first-order valence-corrected chi connectivity index (χ1v) is 7.42. The highest BCUT2D eigenvalue weighted by Gasteiger charge is 2.12. The number of ether oxygens (including phenoxy) is 1. The average molecular weight is 290 g/mol. The number of carbonyl (C=O) groups is 1. The molecular formula is C17H26N2O2. The molecule has 1 aromatic rings. The van der Waals surface area contributed by atoms with Crippen LogP contribution < -0.4 is 15.4 Å². The summed E-state index contributed by atoms with van der Waals surface area (Å²) in [4.78, 5) is 11.6. The summed E-state index contributed by atoms with van der Waals surface area (Å²) in [7, 11) is 0. The van der Waals surface area contributed by atoms with E-state index in [-0.39, 0.29) is 18.6 Å². The van der Waals surface area contributed by atoms with Gasteiger partial charge in [-0.3, -0.25) is 4.79 Å². The third kappa shape index (κ3) is 6.00. The molecule has 1 atom stereocenters. The van der Waals surface area contributed by atoms with Crippen molar-refractivity contribution in [2.45, 2.75) is 33.2 Å². The van der Waals surface area contributed by atoms with Crippen molar-refractivity contribution in [3.05, 3.63) is 42.0 Å². The van der Waals surface area contributed by atoms with Gasteiger partial charge in [0, 0.05) is 18.2 Å². The number of benzene rings is 1. The molecule has 1 unspecified atom stereocenters. The lowest BCUT2D eigenvalue weighted by Crippen LogP contribution is -2.29. The van der Waals surface area contributed by atoms with Gasteiger partial charge in [-0.05, 0) is 32.9 Å². The lowest BCUT2D eigenvalue weighted by molar-refractivity contribution is -0.122. The largest absolute Gasteiger partial charge is 0.483 e. The fourth-order valence-corrected chi connectivity index (χ4v) is 1.99. The molecule has 2 N–H and O–H groups in total. The van der Waals surface area contributed by atoms with E-state index >= 15 is 0 Å². The van der Waals surface area contributed by atoms with Crippen LogP contribution in [0.4, 0.5) is 0 Å². The maximum Gasteiger partial charge on any atom is 0.258 e. The first-order valence-electron chi connectivity index (χ1n) is 7.42. The van der Waals surface area contributed by atoms with Gasteiger partial charge in [0.2, 0.25) is 0 Å². The van der Waals surface area contributed by atoms with E-state index in [0.29, 0.717) is 6.54 Å². The highest BCUT2D eigenvalue weighted by atomic mass is 16.5. The lowest BCUT2D eigenvalue weighted by atomic mass is 10.0. The lowest BCUT2D eigenvalue weighted by Gasteiger charge is -2.18. The van der Waals surface area contributed by atoms with Crippen molar-refractivity contribution in [3.63, 3.8) is 0 Å². The second-order valence-corrected chi connectivity index (χ2v) is 5.10. The summed E-state index contributed by atoms with van der Waals surface area (Å²) in [5.41, 5.74) is 2.26. The maximum absolute atomic E-state index is 11.6. The van der Waals surface area contributed by atoms with Gasteiger partial charge in [-0.25, -0.2) is 0 Å². The zero-order chi connectivity index (χ0) is 15.7. The summed E-state index contributed by atoms with van der Waals surface area (Å²) in [6.45, 7) is 11.3. The Kier molecular flexibility index (Phi) is 7.54. The highest BCUT2D eigenvalue weighted by Crippen LogP contribution is 2.26. The normalized spacial score (nSPS) is 11.8. The zero-order valence-electron chi connectivity index (χ0n) is 13.2. The Bertz CT molecular complexity index is 472. The number of nitrogens with one attached hydrogen (secondary N) is 2. The molecule has 21 heavy (non-hydrogen) atoms. The molecule has 0 saturated carbocycles. The number of amides is 1. The molecule has 0 fully saturated rings. The fourth-order valence-electron chi connectivity index (χ4n) is 1.99. The van der Waals surface area contributed by atoms with Crippen LogP contribution in [0.15, 0.2) is 30.9 Å². The Morgan fingerprint density at radius 2 is 2.24 bits per heavy atom. The maximum atomic E-state index is 11.6. The molecule has 4 nitrogen and oxygen atoms in total. The molecule has 4 heteroatoms. The molecule has 0 spiro atoms. The third-order valence-corrected chi connectivity index (χ3v) is 3.13. The third-order valence-electron chi connectivity index (χ3n) is 3.13. The minimum Gasteiger partial charge on any atom is -0.483 e. The standard InChI is InChI=1S/C17H26N2O2/c1-5-9-18-14(4)15-11-13(3)7-8-16(15)21-12-17(20)19-10-6-2/h6-8,11,14,18H,2,5,9-10,12H2,1,3-4H3,(H,19,20). The monoisotopic (exact) mass is 290 g/mol. The van der Waals surface area contributed by atoms with Crippen molar-refractivity contribution in [1.29, 1.82) is 0 Å². The van der Waals surface area contributed by atoms with Crippen LogP contribution in [0.25, 0.3) is 0 Å². The van der Waals surface area contributed by atoms with Crippen LogP contribution in [0.3, 0.4) is 0 Å². The van der Waals surface area contributed by atoms with E-state index in [1.54, 1.807) is 6.08 Å². The summed E-state index contributed by atoms with van der Waals surface area (Å²) >= 11 is 0. The highest BCUT2D eigenvalue weighted by molar-refractivity contribution is 5.77. The zero-order valence-corrected chi connectivity index (χ0v) is 13.2. The van der Waals surface area contributed by atoms with Crippen LogP contribution in [0.5, 0.6) is 5.75 Å². The molecule has 0 saturated heterocycles. The van der Waals surface area contributed by atoms with Crippen molar-refractivity contribution >= 4 is 5.91 Å². The van der Waals surface area contributed by atoms with Crippen molar-refractivity contribution in [1.82, 2.24) is 10.6 Å². The number of hydrogen-bond acceptors (Lipinski definition) is 3. The van der Waals surface area contributed by atoms with Gasteiger partial charge in [-0.2, -0.15) is 0 Å². The summed E-state index contributed by atoms with van der Waals surface area (Å²) in [5.74, 6) is 0.612. The minimum atomic E-state index is -0.143. The van der Waals surface area contributed by atoms with Crippen LogP contribution in [-0.2, 0) is 4.79 Å². The number of rotatable bonds is 9. The van der Waals surface area contributed by atoms with Gasteiger partial charge in [0.05, 0.1) is 0 Å². The quantitative estimate of drug-likeness (QED) is 0.688. The SMILES string of the molecule is C=CCNC(=O)COc1ccc(C)cc1C(C)NCCC. The molecule has 1 amide bonds. The van der Waals surface area contributed by atoms with E-state index in [4.69, 9.17) is 4.74 Å². The summed E-state index contributed by atoms with van der Waals surface area (Å²) in [5, 5.41) is 6.14. The molecule has 116 valence electrons.